The van der Waals surface area contributed by atoms with Crippen LogP contribution in [0.25, 0.3) is 0 Å². The quantitative estimate of drug-likeness (QED) is 0.438. The minimum atomic E-state index is -1.28. The SMILES string of the molecule is CCOC(OCC)(c1ccc(Cl)cc1)c1cc(Cl)ccc1NC(=O)c1ccncc1. The van der Waals surface area contributed by atoms with Gasteiger partial charge in [0.2, 0.25) is 5.79 Å². The fourth-order valence-corrected chi connectivity index (χ4v) is 3.49. The molecular formula is C23H22Cl2N2O3. The maximum atomic E-state index is 12.8. The number of benzene rings is 2. The minimum Gasteiger partial charge on any atom is -0.342 e. The van der Waals surface area contributed by atoms with Crippen LogP contribution in [0, 0.1) is 0 Å². The number of aromatic nitrogens is 1. The van der Waals surface area contributed by atoms with E-state index >= 15 is 0 Å². The van der Waals surface area contributed by atoms with Gasteiger partial charge in [-0.2, -0.15) is 0 Å². The highest BCUT2D eigenvalue weighted by Gasteiger charge is 2.39. The van der Waals surface area contributed by atoms with Crippen LogP contribution >= 0.6 is 23.2 Å². The number of hydrogen-bond acceptors (Lipinski definition) is 4. The van der Waals surface area contributed by atoms with Crippen LogP contribution in [0.3, 0.4) is 0 Å². The predicted molar refractivity (Wildman–Crippen MR) is 119 cm³/mol. The molecule has 30 heavy (non-hydrogen) atoms. The molecule has 1 aromatic heterocycles. The van der Waals surface area contributed by atoms with E-state index in [1.807, 2.05) is 26.0 Å². The van der Waals surface area contributed by atoms with E-state index in [1.54, 1.807) is 54.9 Å². The molecule has 0 spiro atoms. The number of pyridine rings is 1. The van der Waals surface area contributed by atoms with E-state index in [0.717, 1.165) is 5.56 Å². The molecule has 2 aromatic carbocycles. The molecule has 1 heterocycles. The summed E-state index contributed by atoms with van der Waals surface area (Å²) >= 11 is 12.4. The lowest BCUT2D eigenvalue weighted by Gasteiger charge is -2.35. The van der Waals surface area contributed by atoms with E-state index in [9.17, 15) is 4.79 Å². The van der Waals surface area contributed by atoms with Gasteiger partial charge in [0.05, 0.1) is 5.69 Å². The van der Waals surface area contributed by atoms with Crippen LogP contribution in [-0.4, -0.2) is 24.1 Å². The lowest BCUT2D eigenvalue weighted by Crippen LogP contribution is -2.36. The number of halogens is 2. The number of rotatable bonds is 8. The highest BCUT2D eigenvalue weighted by atomic mass is 35.5. The van der Waals surface area contributed by atoms with Crippen molar-refractivity contribution < 1.29 is 14.3 Å². The van der Waals surface area contributed by atoms with Crippen molar-refractivity contribution in [3.05, 3.63) is 93.7 Å². The lowest BCUT2D eigenvalue weighted by molar-refractivity contribution is -0.212. The Labute approximate surface area is 185 Å². The Hall–Kier alpha value is -2.44. The second kappa shape index (κ2) is 10.0. The summed E-state index contributed by atoms with van der Waals surface area (Å²) in [5.74, 6) is -1.56. The Bertz CT molecular complexity index is 989. The molecule has 0 aliphatic heterocycles. The number of ether oxygens (including phenoxy) is 2. The van der Waals surface area contributed by atoms with Crippen molar-refractivity contribution in [1.82, 2.24) is 4.98 Å². The third kappa shape index (κ3) is 4.82. The Morgan fingerprint density at radius 2 is 1.53 bits per heavy atom. The first-order chi connectivity index (χ1) is 14.5. The summed E-state index contributed by atoms with van der Waals surface area (Å²) in [6, 6.07) is 15.7. The highest BCUT2D eigenvalue weighted by Crippen LogP contribution is 2.41. The molecule has 7 heteroatoms. The van der Waals surface area contributed by atoms with Gasteiger partial charge >= 0.3 is 0 Å². The van der Waals surface area contributed by atoms with Crippen LogP contribution in [0.15, 0.2) is 67.0 Å². The third-order valence-electron chi connectivity index (χ3n) is 4.45. The first-order valence-corrected chi connectivity index (χ1v) is 10.3. The molecule has 0 saturated carbocycles. The van der Waals surface area contributed by atoms with Gasteiger partial charge in [-0.15, -0.1) is 0 Å². The zero-order valence-corrected chi connectivity index (χ0v) is 18.2. The van der Waals surface area contributed by atoms with E-state index in [2.05, 4.69) is 10.3 Å². The van der Waals surface area contributed by atoms with Crippen molar-refractivity contribution in [3.8, 4) is 0 Å². The molecule has 0 aliphatic rings. The van der Waals surface area contributed by atoms with Gasteiger partial charge in [0.25, 0.3) is 5.91 Å². The van der Waals surface area contributed by atoms with Gasteiger partial charge in [0.1, 0.15) is 0 Å². The third-order valence-corrected chi connectivity index (χ3v) is 4.93. The van der Waals surface area contributed by atoms with Gasteiger partial charge in [-0.1, -0.05) is 35.3 Å². The average molecular weight is 445 g/mol. The molecule has 3 aromatic rings. The fraction of sp³-hybridized carbons (Fsp3) is 0.217. The van der Waals surface area contributed by atoms with Gasteiger partial charge in [-0.05, 0) is 56.3 Å². The van der Waals surface area contributed by atoms with E-state index in [0.29, 0.717) is 40.1 Å². The monoisotopic (exact) mass is 444 g/mol. The summed E-state index contributed by atoms with van der Waals surface area (Å²) in [4.78, 5) is 16.8. The summed E-state index contributed by atoms with van der Waals surface area (Å²) in [5.41, 5.74) is 2.33. The Morgan fingerprint density at radius 1 is 0.933 bits per heavy atom. The Morgan fingerprint density at radius 3 is 2.13 bits per heavy atom. The zero-order chi connectivity index (χ0) is 21.6. The number of amides is 1. The number of nitrogens with one attached hydrogen (secondary N) is 1. The van der Waals surface area contributed by atoms with Crippen LogP contribution in [0.5, 0.6) is 0 Å². The predicted octanol–water partition coefficient (Wildman–Crippen LogP) is 5.91. The van der Waals surface area contributed by atoms with Crippen LogP contribution in [0.1, 0.15) is 35.3 Å². The van der Waals surface area contributed by atoms with E-state index < -0.39 is 5.79 Å². The first kappa shape index (κ1) is 22.2. The fourth-order valence-electron chi connectivity index (χ4n) is 3.19. The molecule has 0 atom stereocenters. The van der Waals surface area contributed by atoms with Crippen LogP contribution in [0.4, 0.5) is 5.69 Å². The zero-order valence-electron chi connectivity index (χ0n) is 16.7. The maximum absolute atomic E-state index is 12.8. The number of carbonyl (C=O) groups is 1. The van der Waals surface area contributed by atoms with Crippen LogP contribution in [0.2, 0.25) is 10.0 Å². The molecule has 0 saturated heterocycles. The topological polar surface area (TPSA) is 60.5 Å². The summed E-state index contributed by atoms with van der Waals surface area (Å²) in [7, 11) is 0. The molecule has 156 valence electrons. The highest BCUT2D eigenvalue weighted by molar-refractivity contribution is 6.31. The molecular weight excluding hydrogens is 423 g/mol. The minimum absolute atomic E-state index is 0.279. The molecule has 0 bridgehead atoms. The maximum Gasteiger partial charge on any atom is 0.255 e. The second-order valence-electron chi connectivity index (χ2n) is 6.37. The molecule has 0 fully saturated rings. The van der Waals surface area contributed by atoms with E-state index in [-0.39, 0.29) is 5.91 Å². The summed E-state index contributed by atoms with van der Waals surface area (Å²) in [6.07, 6.45) is 3.13. The van der Waals surface area contributed by atoms with Crippen molar-refractivity contribution >= 4 is 34.8 Å². The largest absolute Gasteiger partial charge is 0.342 e. The standard InChI is InChI=1S/C23H22Cl2N2O3/c1-3-29-23(30-4-2,17-5-7-18(24)8-6-17)20-15-19(25)9-10-21(20)27-22(28)16-11-13-26-14-12-16/h5-15H,3-4H2,1-2H3,(H,27,28). The lowest BCUT2D eigenvalue weighted by atomic mass is 9.95. The number of hydrogen-bond donors (Lipinski definition) is 1. The van der Waals surface area contributed by atoms with Crippen LogP contribution in [-0.2, 0) is 15.3 Å². The van der Waals surface area contributed by atoms with Crippen molar-refractivity contribution in [2.24, 2.45) is 0 Å². The molecule has 0 unspecified atom stereocenters. The van der Waals surface area contributed by atoms with E-state index in [1.165, 1.54) is 0 Å². The van der Waals surface area contributed by atoms with Crippen molar-refractivity contribution in [2.45, 2.75) is 19.6 Å². The second-order valence-corrected chi connectivity index (χ2v) is 7.24. The molecule has 0 aliphatic carbocycles. The first-order valence-electron chi connectivity index (χ1n) is 9.55. The molecule has 3 rings (SSSR count). The molecule has 1 amide bonds. The smallest absolute Gasteiger partial charge is 0.255 e. The van der Waals surface area contributed by atoms with Crippen LogP contribution < -0.4 is 5.32 Å². The van der Waals surface area contributed by atoms with E-state index in [4.69, 9.17) is 32.7 Å². The average Bonchev–Trinajstić information content (AvgIpc) is 2.76. The van der Waals surface area contributed by atoms with Crippen molar-refractivity contribution in [3.63, 3.8) is 0 Å². The van der Waals surface area contributed by atoms with Gasteiger partial charge < -0.3 is 14.8 Å². The van der Waals surface area contributed by atoms with Gasteiger partial charge in [0, 0.05) is 52.3 Å². The number of anilines is 1. The van der Waals surface area contributed by atoms with Crippen molar-refractivity contribution in [2.75, 3.05) is 18.5 Å². The normalized spacial score (nSPS) is 11.3. The molecule has 5 nitrogen and oxygen atoms in total. The summed E-state index contributed by atoms with van der Waals surface area (Å²) < 4.78 is 12.4. The Balaban J connectivity index is 2.14. The van der Waals surface area contributed by atoms with Gasteiger partial charge in [-0.3, -0.25) is 9.78 Å². The number of carbonyl (C=O) groups excluding carboxylic acids is 1. The van der Waals surface area contributed by atoms with Gasteiger partial charge in [0.15, 0.2) is 0 Å². The Kier molecular flexibility index (Phi) is 7.45. The van der Waals surface area contributed by atoms with Crippen molar-refractivity contribution in [1.29, 1.82) is 0 Å². The molecule has 0 radical (unpaired) electrons. The molecule has 1 N–H and O–H groups in total. The summed E-state index contributed by atoms with van der Waals surface area (Å²) in [6.45, 7) is 4.49. The number of nitrogens with zero attached hydrogens (tertiary/aromatic N) is 1. The van der Waals surface area contributed by atoms with Gasteiger partial charge in [-0.25, -0.2) is 0 Å². The summed E-state index contributed by atoms with van der Waals surface area (Å²) in [5, 5.41) is 4.03.